The highest BCUT2D eigenvalue weighted by Gasteiger charge is 2.25. The largest absolute Gasteiger partial charge is 0.478 e. The summed E-state index contributed by atoms with van der Waals surface area (Å²) >= 11 is 0. The van der Waals surface area contributed by atoms with E-state index in [1.807, 2.05) is 39.8 Å². The van der Waals surface area contributed by atoms with Crippen molar-refractivity contribution >= 4 is 53.6 Å². The van der Waals surface area contributed by atoms with Crippen LogP contribution in [0.1, 0.15) is 60.8 Å². The van der Waals surface area contributed by atoms with Crippen LogP contribution in [0.15, 0.2) is 153 Å². The molecule has 0 radical (unpaired) electrons. The number of carboxylic acids is 1. The highest BCUT2D eigenvalue weighted by molar-refractivity contribution is 7.90. The molecule has 0 unspecified atom stereocenters. The number of carbonyl (C=O) groups excluding carboxylic acids is 1. The maximum Gasteiger partial charge on any atom is 0.337 e. The summed E-state index contributed by atoms with van der Waals surface area (Å²) in [5.74, 6) is -1.37. The number of carbonyl (C=O) groups is 2. The second-order valence-corrected chi connectivity index (χ2v) is 18.3. The molecule has 16 heteroatoms. The fourth-order valence-electron chi connectivity index (χ4n) is 7.20. The molecule has 0 aliphatic rings. The van der Waals surface area contributed by atoms with Crippen LogP contribution in [0.25, 0.3) is 21.8 Å². The summed E-state index contributed by atoms with van der Waals surface area (Å²) in [4.78, 5) is 53.5. The van der Waals surface area contributed by atoms with Crippen molar-refractivity contribution in [3.63, 3.8) is 0 Å². The number of ketones is 1. The van der Waals surface area contributed by atoms with Gasteiger partial charge in [0.15, 0.2) is 5.78 Å². The monoisotopic (exact) mass is 887 g/mol. The predicted molar refractivity (Wildman–Crippen MR) is 243 cm³/mol. The maximum atomic E-state index is 13.2. The van der Waals surface area contributed by atoms with E-state index in [9.17, 15) is 41.1 Å². The fraction of sp³-hybridized carbons (Fsp3) is 0.149. The molecular formula is C47H45N5O9S2. The van der Waals surface area contributed by atoms with Crippen molar-refractivity contribution in [3.8, 4) is 0 Å². The number of fused-ring (bicyclic) bond motifs is 2. The van der Waals surface area contributed by atoms with Crippen molar-refractivity contribution in [2.75, 3.05) is 0 Å². The molecule has 63 heavy (non-hydrogen) atoms. The molecule has 8 aromatic rings. The Morgan fingerprint density at radius 3 is 1.41 bits per heavy atom. The normalized spacial score (nSPS) is 11.4. The van der Waals surface area contributed by atoms with E-state index in [2.05, 4.69) is 9.97 Å². The van der Waals surface area contributed by atoms with Crippen LogP contribution in [0.2, 0.25) is 0 Å². The minimum absolute atomic E-state index is 0.0369. The smallest absolute Gasteiger partial charge is 0.337 e. The molecule has 0 atom stereocenters. The molecule has 0 aliphatic heterocycles. The van der Waals surface area contributed by atoms with Gasteiger partial charge < -0.3 is 20.8 Å². The number of pyridine rings is 2. The number of Topliss-reactive ketones (excluding diaryl/α,β-unsaturated/α-hetero) is 1. The van der Waals surface area contributed by atoms with Crippen molar-refractivity contribution in [2.24, 2.45) is 5.73 Å². The molecule has 4 aromatic carbocycles. The van der Waals surface area contributed by atoms with Crippen LogP contribution in [0.5, 0.6) is 0 Å². The third-order valence-electron chi connectivity index (χ3n) is 10.3. The van der Waals surface area contributed by atoms with Crippen LogP contribution in [-0.4, -0.2) is 51.6 Å². The zero-order chi connectivity index (χ0) is 45.6. The topological polar surface area (TPSA) is 224 Å². The Balaban J connectivity index is 0.000000177. The summed E-state index contributed by atoms with van der Waals surface area (Å²) in [5.41, 5.74) is 10.9. The molecule has 14 nitrogen and oxygen atoms in total. The SMILES string of the molecule is Cc1cc(C)c(CCC(=O)c2cn(S(=O)(=O)c3ccccc3)c3ccccc23)c(=O)[nH]1.Cc1cc(C)c(CN)c(=O)[nH]1.O=C(O)c1cn(S(=O)(=O)c2ccccc2)c2ccccc12. The van der Waals surface area contributed by atoms with E-state index in [-0.39, 0.29) is 45.1 Å². The number of para-hydroxylation sites is 2. The Labute approximate surface area is 363 Å². The van der Waals surface area contributed by atoms with Gasteiger partial charge in [-0.25, -0.2) is 29.6 Å². The van der Waals surface area contributed by atoms with Crippen LogP contribution >= 0.6 is 0 Å². The van der Waals surface area contributed by atoms with E-state index >= 15 is 0 Å². The Bertz CT molecular complexity index is 3330. The van der Waals surface area contributed by atoms with E-state index in [1.54, 1.807) is 84.9 Å². The lowest BCUT2D eigenvalue weighted by Gasteiger charge is -2.07. The van der Waals surface area contributed by atoms with Gasteiger partial charge in [-0.3, -0.25) is 14.4 Å². The fourth-order valence-corrected chi connectivity index (χ4v) is 9.98. The van der Waals surface area contributed by atoms with E-state index in [0.717, 1.165) is 36.7 Å². The van der Waals surface area contributed by atoms with E-state index in [1.165, 1.54) is 30.5 Å². The number of rotatable bonds is 10. The number of aryl methyl sites for hydroxylation is 4. The van der Waals surface area contributed by atoms with Crippen molar-refractivity contribution in [1.29, 1.82) is 0 Å². The van der Waals surface area contributed by atoms with Gasteiger partial charge in [-0.15, -0.1) is 0 Å². The molecule has 8 rings (SSSR count). The zero-order valence-electron chi connectivity index (χ0n) is 34.8. The van der Waals surface area contributed by atoms with Gasteiger partial charge in [0.05, 0.1) is 26.4 Å². The van der Waals surface area contributed by atoms with Gasteiger partial charge >= 0.3 is 5.97 Å². The second-order valence-electron chi connectivity index (χ2n) is 14.7. The predicted octanol–water partition coefficient (Wildman–Crippen LogP) is 7.03. The first-order valence-corrected chi connectivity index (χ1v) is 22.5. The quantitative estimate of drug-likeness (QED) is 0.103. The molecule has 0 saturated heterocycles. The summed E-state index contributed by atoms with van der Waals surface area (Å²) in [6.45, 7) is 7.71. The maximum absolute atomic E-state index is 13.2. The van der Waals surface area contributed by atoms with Crippen molar-refractivity contribution in [3.05, 3.63) is 199 Å². The van der Waals surface area contributed by atoms with Gasteiger partial charge in [0, 0.05) is 64.2 Å². The summed E-state index contributed by atoms with van der Waals surface area (Å²) in [6, 6.07) is 33.3. The first-order valence-electron chi connectivity index (χ1n) is 19.6. The molecule has 0 saturated carbocycles. The van der Waals surface area contributed by atoms with Gasteiger partial charge in [0.25, 0.3) is 31.2 Å². The van der Waals surface area contributed by atoms with E-state index in [0.29, 0.717) is 45.0 Å². The van der Waals surface area contributed by atoms with Gasteiger partial charge in [-0.2, -0.15) is 0 Å². The molecule has 0 bridgehead atoms. The van der Waals surface area contributed by atoms with Gasteiger partial charge in [-0.05, 0) is 93.8 Å². The standard InChI is InChI=1S/C24H22N2O4S.C15H11NO4S.C8H12N2O/c1-16-14-17(2)25-24(28)19(16)12-13-23(27)21-15-26(22-11-7-6-10-20(21)22)31(29,30)18-8-4-3-5-9-18;17-15(18)13-10-16(14-9-5-4-8-12(13)14)21(19,20)11-6-2-1-3-7-11;1-5-3-6(2)10-8(11)7(5)4-9/h3-11,14-15H,12-13H2,1-2H3,(H,25,28);1-10H,(H,17,18);3H,4,9H2,1-2H3,(H,10,11). The van der Waals surface area contributed by atoms with Crippen molar-refractivity contribution in [2.45, 2.75) is 56.9 Å². The Morgan fingerprint density at radius 1 is 0.587 bits per heavy atom. The lowest BCUT2D eigenvalue weighted by Crippen LogP contribution is -2.18. The van der Waals surface area contributed by atoms with Gasteiger partial charge in [-0.1, -0.05) is 72.8 Å². The first kappa shape index (κ1) is 45.4. The first-order chi connectivity index (χ1) is 29.9. The summed E-state index contributed by atoms with van der Waals surface area (Å²) in [6.07, 6.45) is 2.93. The molecule has 4 aromatic heterocycles. The minimum Gasteiger partial charge on any atom is -0.478 e. The molecule has 4 heterocycles. The summed E-state index contributed by atoms with van der Waals surface area (Å²) in [7, 11) is -7.68. The number of aromatic nitrogens is 4. The van der Waals surface area contributed by atoms with E-state index < -0.39 is 26.0 Å². The van der Waals surface area contributed by atoms with Crippen LogP contribution in [0.4, 0.5) is 0 Å². The number of hydrogen-bond acceptors (Lipinski definition) is 9. The molecular weight excluding hydrogens is 843 g/mol. The minimum atomic E-state index is -3.85. The number of nitrogens with two attached hydrogens (primary N) is 1. The number of nitrogens with one attached hydrogen (secondary N) is 2. The lowest BCUT2D eigenvalue weighted by atomic mass is 10.0. The average molecular weight is 888 g/mol. The second kappa shape index (κ2) is 18.9. The molecule has 0 aliphatic carbocycles. The van der Waals surface area contributed by atoms with Gasteiger partial charge in [0.2, 0.25) is 0 Å². The van der Waals surface area contributed by atoms with Crippen LogP contribution in [-0.2, 0) is 33.0 Å². The lowest BCUT2D eigenvalue weighted by molar-refractivity contribution is 0.0698. The van der Waals surface area contributed by atoms with Crippen LogP contribution in [0.3, 0.4) is 0 Å². The molecule has 0 spiro atoms. The van der Waals surface area contributed by atoms with Crippen LogP contribution < -0.4 is 16.9 Å². The number of carboxylic acid groups (broad SMARTS) is 1. The highest BCUT2D eigenvalue weighted by atomic mass is 32.2. The van der Waals surface area contributed by atoms with Crippen molar-refractivity contribution in [1.82, 2.24) is 17.9 Å². The van der Waals surface area contributed by atoms with Crippen molar-refractivity contribution < 1.29 is 31.5 Å². The number of aromatic carboxylic acids is 1. The average Bonchev–Trinajstić information content (AvgIpc) is 3.85. The number of H-pyrrole nitrogens is 2. The Morgan fingerprint density at radius 2 is 0.984 bits per heavy atom. The Hall–Kier alpha value is -7.14. The molecule has 0 amide bonds. The third-order valence-corrected chi connectivity index (χ3v) is 13.7. The number of nitrogens with zero attached hydrogens (tertiary/aromatic N) is 2. The number of aromatic amines is 2. The molecule has 0 fully saturated rings. The zero-order valence-corrected chi connectivity index (χ0v) is 36.5. The molecule has 324 valence electrons. The number of hydrogen-bond donors (Lipinski definition) is 4. The Kier molecular flexibility index (Phi) is 13.6. The van der Waals surface area contributed by atoms with Gasteiger partial charge in [0.1, 0.15) is 0 Å². The summed E-state index contributed by atoms with van der Waals surface area (Å²) in [5, 5.41) is 10.2. The summed E-state index contributed by atoms with van der Waals surface area (Å²) < 4.78 is 53.9. The molecule has 5 N–H and O–H groups in total. The van der Waals surface area contributed by atoms with Crippen LogP contribution in [0, 0.1) is 27.7 Å². The number of benzene rings is 4. The van der Waals surface area contributed by atoms with E-state index in [4.69, 9.17) is 5.73 Å². The highest BCUT2D eigenvalue weighted by Crippen LogP contribution is 2.28. The third kappa shape index (κ3) is 9.68.